The molecule has 0 unspecified atom stereocenters. The molecule has 1 aromatic rings. The lowest BCUT2D eigenvalue weighted by molar-refractivity contribution is -0.136. The first-order chi connectivity index (χ1) is 9.63. The van der Waals surface area contributed by atoms with Crippen molar-refractivity contribution in [2.75, 3.05) is 13.2 Å². The van der Waals surface area contributed by atoms with E-state index < -0.39 is 5.97 Å². The van der Waals surface area contributed by atoms with Crippen LogP contribution in [0.15, 0.2) is 30.3 Å². The maximum absolute atomic E-state index is 11.5. The minimum absolute atomic E-state index is 0.0875. The smallest absolute Gasteiger partial charge is 0.305 e. The molecule has 0 bridgehead atoms. The number of aliphatic carboxylic acids is 1. The minimum atomic E-state index is -0.937. The Balaban J connectivity index is 2.56. The normalized spacial score (nSPS) is 10.4. The number of ether oxygens (including phenoxy) is 1. The zero-order chi connectivity index (χ0) is 14.8. The van der Waals surface area contributed by atoms with Gasteiger partial charge in [0.2, 0.25) is 5.91 Å². The van der Waals surface area contributed by atoms with Crippen LogP contribution in [0.5, 0.6) is 5.75 Å². The van der Waals surface area contributed by atoms with Gasteiger partial charge in [-0.3, -0.25) is 9.59 Å². The van der Waals surface area contributed by atoms with Gasteiger partial charge in [-0.15, -0.1) is 0 Å². The SMILES string of the molecule is CCCOc1ccccc1/C=C/C(=O)NCCC(=O)O. The van der Waals surface area contributed by atoms with E-state index in [1.165, 1.54) is 6.08 Å². The Morgan fingerprint density at radius 3 is 2.80 bits per heavy atom. The van der Waals surface area contributed by atoms with E-state index in [-0.39, 0.29) is 18.9 Å². The van der Waals surface area contributed by atoms with Crippen LogP contribution in [0.1, 0.15) is 25.3 Å². The van der Waals surface area contributed by atoms with Crippen LogP contribution in [0.25, 0.3) is 6.08 Å². The first-order valence-electron chi connectivity index (χ1n) is 6.53. The Hall–Kier alpha value is -2.30. The molecule has 108 valence electrons. The Morgan fingerprint density at radius 2 is 2.10 bits per heavy atom. The number of hydrogen-bond acceptors (Lipinski definition) is 3. The second kappa shape index (κ2) is 8.74. The van der Waals surface area contributed by atoms with E-state index >= 15 is 0 Å². The van der Waals surface area contributed by atoms with Crippen molar-refractivity contribution in [3.8, 4) is 5.75 Å². The number of amides is 1. The van der Waals surface area contributed by atoms with Crippen LogP contribution in [0.3, 0.4) is 0 Å². The third kappa shape index (κ3) is 6.04. The fourth-order valence-corrected chi connectivity index (χ4v) is 1.48. The lowest BCUT2D eigenvalue weighted by atomic mass is 10.2. The van der Waals surface area contributed by atoms with Gasteiger partial charge in [0.05, 0.1) is 13.0 Å². The zero-order valence-corrected chi connectivity index (χ0v) is 11.5. The molecule has 0 atom stereocenters. The van der Waals surface area contributed by atoms with Gasteiger partial charge in [0, 0.05) is 18.2 Å². The third-order valence-electron chi connectivity index (χ3n) is 2.43. The van der Waals surface area contributed by atoms with Crippen molar-refractivity contribution in [1.82, 2.24) is 5.32 Å². The summed E-state index contributed by atoms with van der Waals surface area (Å²) < 4.78 is 5.57. The highest BCUT2D eigenvalue weighted by Gasteiger charge is 2.01. The number of carbonyl (C=O) groups is 2. The van der Waals surface area contributed by atoms with Crippen molar-refractivity contribution in [3.63, 3.8) is 0 Å². The van der Waals surface area contributed by atoms with Gasteiger partial charge in [-0.2, -0.15) is 0 Å². The second-order valence-corrected chi connectivity index (χ2v) is 4.15. The lowest BCUT2D eigenvalue weighted by Gasteiger charge is -2.07. The number of nitrogens with one attached hydrogen (secondary N) is 1. The molecule has 0 heterocycles. The molecule has 0 radical (unpaired) electrons. The number of para-hydroxylation sites is 1. The molecule has 5 heteroatoms. The van der Waals surface area contributed by atoms with E-state index in [1.54, 1.807) is 6.08 Å². The fourth-order valence-electron chi connectivity index (χ4n) is 1.48. The molecule has 1 rings (SSSR count). The summed E-state index contributed by atoms with van der Waals surface area (Å²) >= 11 is 0. The van der Waals surface area contributed by atoms with Crippen molar-refractivity contribution in [2.24, 2.45) is 0 Å². The molecule has 0 spiro atoms. The van der Waals surface area contributed by atoms with Crippen molar-refractivity contribution >= 4 is 18.0 Å². The quantitative estimate of drug-likeness (QED) is 0.713. The molecule has 0 aliphatic carbocycles. The number of rotatable bonds is 8. The van der Waals surface area contributed by atoms with Crippen LogP contribution < -0.4 is 10.1 Å². The maximum atomic E-state index is 11.5. The lowest BCUT2D eigenvalue weighted by Crippen LogP contribution is -2.23. The molecule has 5 nitrogen and oxygen atoms in total. The number of hydrogen-bond donors (Lipinski definition) is 2. The predicted octanol–water partition coefficient (Wildman–Crippen LogP) is 2.08. The van der Waals surface area contributed by atoms with E-state index in [0.717, 1.165) is 17.7 Å². The molecule has 2 N–H and O–H groups in total. The number of carboxylic acids is 1. The topological polar surface area (TPSA) is 75.6 Å². The molecule has 1 aromatic carbocycles. The average molecular weight is 277 g/mol. The first-order valence-corrected chi connectivity index (χ1v) is 6.53. The van der Waals surface area contributed by atoms with Crippen LogP contribution in [0.2, 0.25) is 0 Å². The van der Waals surface area contributed by atoms with Crippen LogP contribution in [0, 0.1) is 0 Å². The summed E-state index contributed by atoms with van der Waals surface area (Å²) in [6.45, 7) is 2.76. The summed E-state index contributed by atoms with van der Waals surface area (Å²) in [7, 11) is 0. The summed E-state index contributed by atoms with van der Waals surface area (Å²) in [6, 6.07) is 7.43. The highest BCUT2D eigenvalue weighted by Crippen LogP contribution is 2.19. The zero-order valence-electron chi connectivity index (χ0n) is 11.5. The van der Waals surface area contributed by atoms with E-state index in [9.17, 15) is 9.59 Å². The molecule has 20 heavy (non-hydrogen) atoms. The van der Waals surface area contributed by atoms with Gasteiger partial charge in [0.25, 0.3) is 0 Å². The summed E-state index contributed by atoms with van der Waals surface area (Å²) in [4.78, 5) is 21.8. The predicted molar refractivity (Wildman–Crippen MR) is 76.5 cm³/mol. The van der Waals surface area contributed by atoms with Gasteiger partial charge in [-0.1, -0.05) is 25.1 Å². The molecule has 1 amide bonds. The Morgan fingerprint density at radius 1 is 1.35 bits per heavy atom. The van der Waals surface area contributed by atoms with Gasteiger partial charge in [0.1, 0.15) is 5.75 Å². The van der Waals surface area contributed by atoms with Crippen molar-refractivity contribution in [3.05, 3.63) is 35.9 Å². The summed E-state index contributed by atoms with van der Waals surface area (Å²) in [5.74, 6) is -0.534. The largest absolute Gasteiger partial charge is 0.493 e. The van der Waals surface area contributed by atoms with Gasteiger partial charge < -0.3 is 15.2 Å². The second-order valence-electron chi connectivity index (χ2n) is 4.15. The molecular formula is C15H19NO4. The first kappa shape index (κ1) is 15.8. The van der Waals surface area contributed by atoms with Gasteiger partial charge in [0.15, 0.2) is 0 Å². The Kier molecular flexibility index (Phi) is 6.89. The summed E-state index contributed by atoms with van der Waals surface area (Å²) in [5.41, 5.74) is 0.814. The number of benzene rings is 1. The molecule has 0 fully saturated rings. The number of carboxylic acid groups (broad SMARTS) is 1. The van der Waals surface area contributed by atoms with E-state index in [0.29, 0.717) is 6.61 Å². The van der Waals surface area contributed by atoms with Crippen molar-refractivity contribution in [2.45, 2.75) is 19.8 Å². The van der Waals surface area contributed by atoms with E-state index in [1.807, 2.05) is 31.2 Å². The maximum Gasteiger partial charge on any atom is 0.305 e. The van der Waals surface area contributed by atoms with Crippen LogP contribution in [0.4, 0.5) is 0 Å². The molecular weight excluding hydrogens is 258 g/mol. The van der Waals surface area contributed by atoms with E-state index in [4.69, 9.17) is 9.84 Å². The molecule has 0 saturated carbocycles. The molecule has 0 aromatic heterocycles. The molecule has 0 saturated heterocycles. The standard InChI is InChI=1S/C15H19NO4/c1-2-11-20-13-6-4-3-5-12(13)7-8-14(17)16-10-9-15(18)19/h3-8H,2,9-11H2,1H3,(H,16,17)(H,18,19)/b8-7+. The fraction of sp³-hybridized carbons (Fsp3) is 0.333. The van der Waals surface area contributed by atoms with Crippen LogP contribution in [-0.4, -0.2) is 30.1 Å². The monoisotopic (exact) mass is 277 g/mol. The highest BCUT2D eigenvalue weighted by atomic mass is 16.5. The average Bonchev–Trinajstić information content (AvgIpc) is 2.43. The van der Waals surface area contributed by atoms with Gasteiger partial charge >= 0.3 is 5.97 Å². The summed E-state index contributed by atoms with van der Waals surface area (Å²) in [5, 5.41) is 11.0. The minimum Gasteiger partial charge on any atom is -0.493 e. The Bertz CT molecular complexity index is 483. The summed E-state index contributed by atoms with van der Waals surface area (Å²) in [6.07, 6.45) is 3.85. The molecule has 0 aliphatic rings. The third-order valence-corrected chi connectivity index (χ3v) is 2.43. The van der Waals surface area contributed by atoms with Crippen molar-refractivity contribution < 1.29 is 19.4 Å². The number of carbonyl (C=O) groups excluding carboxylic acids is 1. The van der Waals surface area contributed by atoms with Crippen LogP contribution >= 0.6 is 0 Å². The van der Waals surface area contributed by atoms with Gasteiger partial charge in [-0.05, 0) is 18.6 Å². The van der Waals surface area contributed by atoms with E-state index in [2.05, 4.69) is 5.32 Å². The van der Waals surface area contributed by atoms with Gasteiger partial charge in [-0.25, -0.2) is 0 Å². The van der Waals surface area contributed by atoms with Crippen LogP contribution in [-0.2, 0) is 9.59 Å². The Labute approximate surface area is 118 Å². The molecule has 0 aliphatic heterocycles. The highest BCUT2D eigenvalue weighted by molar-refractivity contribution is 5.92. The van der Waals surface area contributed by atoms with Crippen molar-refractivity contribution in [1.29, 1.82) is 0 Å².